The molecule has 0 aromatic heterocycles. The van der Waals surface area contributed by atoms with Crippen LogP contribution in [0.4, 0.5) is 0 Å². The van der Waals surface area contributed by atoms with E-state index < -0.39 is 0 Å². The van der Waals surface area contributed by atoms with Crippen LogP contribution in [-0.4, -0.2) is 33.3 Å². The van der Waals surface area contributed by atoms with Gasteiger partial charge in [0.25, 0.3) is 0 Å². The fourth-order valence-corrected chi connectivity index (χ4v) is 0. The molecule has 0 saturated carbocycles. The number of hydrogen-bond donors (Lipinski definition) is 0. The number of rotatable bonds is 0. The third kappa shape index (κ3) is 21.5. The van der Waals surface area contributed by atoms with Crippen molar-refractivity contribution in [1.82, 2.24) is 0 Å². The molecule has 0 bridgehead atoms. The van der Waals surface area contributed by atoms with E-state index in [1.165, 1.54) is 9.39 Å². The fraction of sp³-hybridized carbons (Fsp3) is 0. The van der Waals surface area contributed by atoms with Crippen molar-refractivity contribution in [2.45, 2.75) is 0 Å². The van der Waals surface area contributed by atoms with Crippen LogP contribution in [0.25, 0.3) is 0 Å². The summed E-state index contributed by atoms with van der Waals surface area (Å²) >= 11 is 0. The first kappa shape index (κ1) is 15.7. The van der Waals surface area contributed by atoms with E-state index in [1.54, 1.807) is 10.8 Å². The van der Waals surface area contributed by atoms with Gasteiger partial charge in [-0.3, -0.25) is 0 Å². The Kier molecular flexibility index (Phi) is 50.6. The second-order valence-corrected chi connectivity index (χ2v) is 6.36. The van der Waals surface area contributed by atoms with E-state index in [0.29, 0.717) is 0 Å². The van der Waals surface area contributed by atoms with Gasteiger partial charge in [-0.2, -0.15) is 10.8 Å². The predicted molar refractivity (Wildman–Crippen MR) is 39.7 cm³/mol. The van der Waals surface area contributed by atoms with Gasteiger partial charge < -0.3 is 1.43 Å². The number of hydrogen-bond acceptors (Lipinski definition) is 1. The van der Waals surface area contributed by atoms with Crippen LogP contribution in [-0.2, 0) is 0 Å². The summed E-state index contributed by atoms with van der Waals surface area (Å²) in [6.45, 7) is 0. The summed E-state index contributed by atoms with van der Waals surface area (Å²) in [4.78, 5) is 0. The van der Waals surface area contributed by atoms with Gasteiger partial charge in [-0.25, -0.2) is 0 Å². The molecule has 0 N–H and O–H groups in total. The maximum atomic E-state index is 2.56. The zero-order chi connectivity index (χ0) is 2.71. The molecular weight excluding hydrogens is 217 g/mol. The Balaban J connectivity index is -0.00000000667. The van der Waals surface area contributed by atoms with Crippen LogP contribution in [0.1, 0.15) is 1.43 Å². The van der Waals surface area contributed by atoms with Crippen molar-refractivity contribution in [3.63, 3.8) is 0 Å². The Morgan fingerprint density at radius 1 is 1.80 bits per heavy atom. The Bertz CT molecular complexity index is 15.5. The van der Waals surface area contributed by atoms with Gasteiger partial charge in [-0.05, 0) is 0 Å². The summed E-state index contributed by atoms with van der Waals surface area (Å²) in [5.41, 5.74) is 0. The van der Waals surface area contributed by atoms with Gasteiger partial charge in [0.05, 0.1) is 9.39 Å². The molecule has 0 aliphatic rings. The zero-order valence-corrected chi connectivity index (χ0v) is 6.96. The van der Waals surface area contributed by atoms with Crippen LogP contribution in [0.15, 0.2) is 0 Å². The van der Waals surface area contributed by atoms with Gasteiger partial charge in [-0.15, -0.1) is 0 Å². The molecule has 0 radical (unpaired) electrons. The quantitative estimate of drug-likeness (QED) is 0.296. The van der Waals surface area contributed by atoms with Crippen LogP contribution in [0.3, 0.4) is 0 Å². The molecule has 1 atom stereocenters. The average molecular weight is 227 g/mol. The van der Waals surface area contributed by atoms with Crippen molar-refractivity contribution in [3.05, 3.63) is 0 Å². The first-order chi connectivity index (χ1) is 1.41. The zero-order valence-electron chi connectivity index (χ0n) is 3.99. The summed E-state index contributed by atoms with van der Waals surface area (Å²) in [7, 11) is 5.61. The first-order valence-corrected chi connectivity index (χ1v) is 5.80. The molecule has 5 heavy (non-hydrogen) atoms. The van der Waals surface area contributed by atoms with Crippen molar-refractivity contribution in [2.75, 3.05) is 0 Å². The summed E-state index contributed by atoms with van der Waals surface area (Å²) < 4.78 is 0. The van der Waals surface area contributed by atoms with Crippen molar-refractivity contribution in [2.24, 2.45) is 0 Å². The minimum atomic E-state index is 0. The van der Waals surface area contributed by atoms with Crippen LogP contribution >= 0.6 is 19.3 Å². The van der Waals surface area contributed by atoms with E-state index in [4.69, 9.17) is 0 Å². The Morgan fingerprint density at radius 3 is 1.80 bits per heavy atom. The van der Waals surface area contributed by atoms with Gasteiger partial charge in [0.2, 0.25) is 0 Å². The molecular formula is H10LiPSSiSn. The molecule has 0 aliphatic carbocycles. The molecule has 0 spiro atoms. The van der Waals surface area contributed by atoms with Gasteiger partial charge in [0.15, 0.2) is 0 Å². The van der Waals surface area contributed by atoms with Crippen LogP contribution in [0, 0.1) is 0 Å². The Morgan fingerprint density at radius 2 is 1.80 bits per heavy atom. The van der Waals surface area contributed by atoms with E-state index in [2.05, 4.69) is 8.44 Å². The molecule has 0 amide bonds. The van der Waals surface area contributed by atoms with E-state index in [1.807, 2.05) is 0 Å². The first-order valence-electron chi connectivity index (χ1n) is 0.644. The minimum absolute atomic E-state index is 0. The van der Waals surface area contributed by atoms with Crippen LogP contribution < -0.4 is 18.9 Å². The summed E-state index contributed by atoms with van der Waals surface area (Å²) in [6, 6.07) is 0. The second-order valence-electron chi connectivity index (χ2n) is 0.236. The van der Waals surface area contributed by atoms with E-state index in [9.17, 15) is 0 Å². The van der Waals surface area contributed by atoms with Crippen LogP contribution in [0.5, 0.6) is 0 Å². The summed E-state index contributed by atoms with van der Waals surface area (Å²) in [5, 5.41) is 0. The summed E-state index contributed by atoms with van der Waals surface area (Å²) in [6.07, 6.45) is 0. The van der Waals surface area contributed by atoms with Gasteiger partial charge in [0.1, 0.15) is 0 Å². The van der Waals surface area contributed by atoms with Crippen molar-refractivity contribution < 1.29 is 20.3 Å². The molecule has 0 heterocycles. The Labute approximate surface area is 72.3 Å². The standard InChI is InChI=1S/Li.H5PSSi.Sn.5H/c;1-2-3;;;;;;/h;1H2,3H3;;;;;;/q+1;;;;;;;-1. The predicted octanol–water partition coefficient (Wildman–Crippen LogP) is -4.54. The third-order valence-electron chi connectivity index (χ3n) is 0. The third-order valence-corrected chi connectivity index (χ3v) is 0. The second kappa shape index (κ2) is 16.2. The molecule has 0 fully saturated rings. The molecule has 0 aliphatic heterocycles. The topological polar surface area (TPSA) is 0 Å². The van der Waals surface area contributed by atoms with Crippen molar-refractivity contribution in [1.29, 1.82) is 0 Å². The van der Waals surface area contributed by atoms with E-state index in [0.717, 1.165) is 0 Å². The van der Waals surface area contributed by atoms with E-state index >= 15 is 0 Å². The molecule has 5 heteroatoms. The average Bonchev–Trinajstić information content (AvgIpc) is 0.918. The summed E-state index contributed by atoms with van der Waals surface area (Å²) in [5.74, 6) is 0. The van der Waals surface area contributed by atoms with Crippen molar-refractivity contribution >= 4 is 52.6 Å². The van der Waals surface area contributed by atoms with Gasteiger partial charge in [-0.1, -0.05) is 8.44 Å². The van der Waals surface area contributed by atoms with Crippen LogP contribution in [0.2, 0.25) is 0 Å². The molecule has 30 valence electrons. The molecule has 0 saturated heterocycles. The molecule has 0 aromatic carbocycles. The SMILES string of the molecule is [H-].[Li+].[SiH3]SP.[SnH4]. The maximum absolute atomic E-state index is 2.56. The van der Waals surface area contributed by atoms with Gasteiger partial charge >= 0.3 is 42.8 Å². The molecule has 0 nitrogen and oxygen atoms in total. The molecule has 0 aromatic rings. The van der Waals surface area contributed by atoms with E-state index in [-0.39, 0.29) is 44.2 Å². The monoisotopic (exact) mass is 228 g/mol. The Hall–Kier alpha value is 2.39. The van der Waals surface area contributed by atoms with Gasteiger partial charge in [0, 0.05) is 0 Å². The molecule has 0 rings (SSSR count). The molecule has 1 unspecified atom stereocenters. The fourth-order valence-electron chi connectivity index (χ4n) is 0. The van der Waals surface area contributed by atoms with Crippen molar-refractivity contribution in [3.8, 4) is 0 Å². The normalized spacial score (nSPS) is 4.20.